The van der Waals surface area contributed by atoms with Crippen LogP contribution in [-0.2, 0) is 20.9 Å². The first-order chi connectivity index (χ1) is 15.1. The van der Waals surface area contributed by atoms with Crippen molar-refractivity contribution >= 4 is 38.5 Å². The summed E-state index contributed by atoms with van der Waals surface area (Å²) in [5, 5.41) is 4.74. The van der Waals surface area contributed by atoms with Gasteiger partial charge in [-0.2, -0.15) is 0 Å². The predicted octanol–water partition coefficient (Wildman–Crippen LogP) is 4.82. The van der Waals surface area contributed by atoms with E-state index in [1.165, 1.54) is 11.3 Å². The molecule has 3 aromatic rings. The Morgan fingerprint density at radius 3 is 2.68 bits per heavy atom. The number of nitrogens with one attached hydrogen (secondary N) is 1. The minimum atomic E-state index is -0.669. The van der Waals surface area contributed by atoms with Crippen LogP contribution in [0.2, 0.25) is 0 Å². The van der Waals surface area contributed by atoms with Crippen molar-refractivity contribution in [3.05, 3.63) is 59.9 Å². The number of ether oxygens (including phenoxy) is 2. The molecule has 8 heteroatoms. The van der Waals surface area contributed by atoms with E-state index < -0.39 is 12.1 Å². The van der Waals surface area contributed by atoms with Crippen molar-refractivity contribution in [3.8, 4) is 0 Å². The first kappa shape index (κ1) is 22.7. The van der Waals surface area contributed by atoms with Crippen molar-refractivity contribution in [2.45, 2.75) is 38.7 Å². The maximum atomic E-state index is 12.8. The highest BCUT2D eigenvalue weighted by Gasteiger charge is 2.20. The molecule has 0 aliphatic heterocycles. The number of benzene rings is 1. The van der Waals surface area contributed by atoms with Crippen LogP contribution in [0.4, 0.5) is 9.80 Å². The zero-order chi connectivity index (χ0) is 22.1. The molecule has 0 spiro atoms. The molecule has 0 saturated heterocycles. The Morgan fingerprint density at radius 2 is 1.97 bits per heavy atom. The number of thiophene rings is 1. The zero-order valence-electron chi connectivity index (χ0n) is 17.5. The third kappa shape index (κ3) is 6.50. The van der Waals surface area contributed by atoms with E-state index in [0.29, 0.717) is 6.61 Å². The Labute approximate surface area is 185 Å². The van der Waals surface area contributed by atoms with Crippen molar-refractivity contribution in [1.82, 2.24) is 4.98 Å². The minimum absolute atomic E-state index is 0.113. The van der Waals surface area contributed by atoms with Gasteiger partial charge in [0.2, 0.25) is 5.91 Å². The standard InChI is InChI=1S/C23H27N3O4S/c1-2-3-4-11-29-23(28)30-15-16-5-7-17(8-6-16)19(13-24)22(27)26-21-12-18-9-10-25-14-20(18)31-21/h5-10,12,14,19H,2-4,11,13,15,24H2,1H3,(H,26,27)/t19-/m1/s1. The van der Waals surface area contributed by atoms with Crippen LogP contribution in [0.5, 0.6) is 0 Å². The van der Waals surface area contributed by atoms with Crippen LogP contribution >= 0.6 is 11.3 Å². The van der Waals surface area contributed by atoms with Gasteiger partial charge in [0.15, 0.2) is 0 Å². The third-order valence-electron chi connectivity index (χ3n) is 4.83. The monoisotopic (exact) mass is 441 g/mol. The molecule has 0 unspecified atom stereocenters. The number of amides is 1. The Balaban J connectivity index is 1.54. The molecule has 3 N–H and O–H groups in total. The number of carbonyl (C=O) groups is 2. The first-order valence-electron chi connectivity index (χ1n) is 10.3. The van der Waals surface area contributed by atoms with Crippen LogP contribution in [0, 0.1) is 0 Å². The molecule has 2 aromatic heterocycles. The number of rotatable bonds is 10. The molecule has 0 aliphatic carbocycles. The Kier molecular flexibility index (Phi) is 8.37. The van der Waals surface area contributed by atoms with E-state index in [9.17, 15) is 9.59 Å². The molecular weight excluding hydrogens is 414 g/mol. The lowest BCUT2D eigenvalue weighted by Gasteiger charge is -2.15. The van der Waals surface area contributed by atoms with Gasteiger partial charge >= 0.3 is 6.16 Å². The second-order valence-corrected chi connectivity index (χ2v) is 8.22. The Morgan fingerprint density at radius 1 is 1.16 bits per heavy atom. The van der Waals surface area contributed by atoms with Crippen LogP contribution in [-0.4, -0.2) is 30.2 Å². The number of fused-ring (bicyclic) bond motifs is 1. The second kappa shape index (κ2) is 11.4. The van der Waals surface area contributed by atoms with E-state index in [2.05, 4.69) is 17.2 Å². The normalized spacial score (nSPS) is 11.8. The zero-order valence-corrected chi connectivity index (χ0v) is 18.3. The summed E-state index contributed by atoms with van der Waals surface area (Å²) in [5.41, 5.74) is 7.49. The third-order valence-corrected chi connectivity index (χ3v) is 5.83. The van der Waals surface area contributed by atoms with Crippen molar-refractivity contribution in [1.29, 1.82) is 0 Å². The molecule has 7 nitrogen and oxygen atoms in total. The highest BCUT2D eigenvalue weighted by molar-refractivity contribution is 7.22. The van der Waals surface area contributed by atoms with Gasteiger partial charge in [-0.1, -0.05) is 44.0 Å². The number of aromatic nitrogens is 1. The van der Waals surface area contributed by atoms with Gasteiger partial charge in [-0.3, -0.25) is 9.78 Å². The fourth-order valence-electron chi connectivity index (χ4n) is 3.09. The number of hydrogen-bond donors (Lipinski definition) is 2. The summed E-state index contributed by atoms with van der Waals surface area (Å²) >= 11 is 1.47. The molecule has 2 heterocycles. The molecule has 0 aliphatic rings. The van der Waals surface area contributed by atoms with Crippen LogP contribution in [0.3, 0.4) is 0 Å². The SMILES string of the molecule is CCCCCOC(=O)OCc1ccc([C@@H](CN)C(=O)Nc2cc3ccncc3s2)cc1. The number of carbonyl (C=O) groups excluding carboxylic acids is 2. The maximum Gasteiger partial charge on any atom is 0.508 e. The van der Waals surface area contributed by atoms with Crippen LogP contribution in [0.15, 0.2) is 48.8 Å². The van der Waals surface area contributed by atoms with Gasteiger partial charge < -0.3 is 20.5 Å². The van der Waals surface area contributed by atoms with Crippen molar-refractivity contribution in [3.63, 3.8) is 0 Å². The lowest BCUT2D eigenvalue weighted by atomic mass is 9.97. The van der Waals surface area contributed by atoms with Gasteiger partial charge in [0.1, 0.15) is 6.61 Å². The lowest BCUT2D eigenvalue weighted by molar-refractivity contribution is -0.117. The van der Waals surface area contributed by atoms with Crippen LogP contribution < -0.4 is 11.1 Å². The summed E-state index contributed by atoms with van der Waals surface area (Å²) in [7, 11) is 0. The Bertz CT molecular complexity index is 970. The molecule has 0 saturated carbocycles. The molecule has 164 valence electrons. The van der Waals surface area contributed by atoms with Gasteiger partial charge in [0.05, 0.1) is 22.2 Å². The van der Waals surface area contributed by atoms with Crippen molar-refractivity contribution in [2.75, 3.05) is 18.5 Å². The smallest absolute Gasteiger partial charge is 0.434 e. The van der Waals surface area contributed by atoms with Gasteiger partial charge in [0.25, 0.3) is 0 Å². The topological polar surface area (TPSA) is 104 Å². The Hall–Kier alpha value is -2.97. The number of hydrogen-bond acceptors (Lipinski definition) is 7. The van der Waals surface area contributed by atoms with E-state index in [1.807, 2.05) is 36.4 Å². The second-order valence-electron chi connectivity index (χ2n) is 7.14. The molecule has 0 fully saturated rings. The van der Waals surface area contributed by atoms with E-state index in [1.54, 1.807) is 12.4 Å². The molecule has 3 rings (SSSR count). The molecule has 0 bridgehead atoms. The number of unbranched alkanes of at least 4 members (excludes halogenated alkanes) is 2. The first-order valence-corrected chi connectivity index (χ1v) is 11.1. The molecule has 0 radical (unpaired) electrons. The molecule has 31 heavy (non-hydrogen) atoms. The molecular formula is C23H27N3O4S. The highest BCUT2D eigenvalue weighted by Crippen LogP contribution is 2.29. The summed E-state index contributed by atoms with van der Waals surface area (Å²) in [6, 6.07) is 11.1. The fourth-order valence-corrected chi connectivity index (χ4v) is 4.02. The van der Waals surface area contributed by atoms with Gasteiger partial charge in [-0.15, -0.1) is 11.3 Å². The predicted molar refractivity (Wildman–Crippen MR) is 122 cm³/mol. The maximum absolute atomic E-state index is 12.8. The van der Waals surface area contributed by atoms with E-state index in [4.69, 9.17) is 15.2 Å². The lowest BCUT2D eigenvalue weighted by Crippen LogP contribution is -2.27. The number of nitrogens with two attached hydrogens (primary N) is 1. The summed E-state index contributed by atoms with van der Waals surface area (Å²) in [6.07, 6.45) is 5.75. The fraction of sp³-hybridized carbons (Fsp3) is 0.348. The molecule has 1 atom stereocenters. The quantitative estimate of drug-likeness (QED) is 0.345. The van der Waals surface area contributed by atoms with E-state index in [0.717, 1.165) is 45.5 Å². The summed E-state index contributed by atoms with van der Waals surface area (Å²) in [5.74, 6) is -0.650. The summed E-state index contributed by atoms with van der Waals surface area (Å²) < 4.78 is 11.2. The van der Waals surface area contributed by atoms with E-state index in [-0.39, 0.29) is 19.1 Å². The van der Waals surface area contributed by atoms with E-state index >= 15 is 0 Å². The summed E-state index contributed by atoms with van der Waals surface area (Å²) in [4.78, 5) is 28.5. The molecule has 1 amide bonds. The van der Waals surface area contributed by atoms with Crippen molar-refractivity contribution in [2.24, 2.45) is 5.73 Å². The average molecular weight is 442 g/mol. The van der Waals surface area contributed by atoms with Gasteiger partial charge in [-0.25, -0.2) is 4.79 Å². The number of anilines is 1. The summed E-state index contributed by atoms with van der Waals surface area (Å²) in [6.45, 7) is 2.75. The number of pyridine rings is 1. The van der Waals surface area contributed by atoms with Crippen LogP contribution in [0.25, 0.3) is 10.1 Å². The van der Waals surface area contributed by atoms with Crippen LogP contribution in [0.1, 0.15) is 43.2 Å². The highest BCUT2D eigenvalue weighted by atomic mass is 32.1. The van der Waals surface area contributed by atoms with Gasteiger partial charge in [0, 0.05) is 18.9 Å². The van der Waals surface area contributed by atoms with Crippen molar-refractivity contribution < 1.29 is 19.1 Å². The number of nitrogens with zero attached hydrogens (tertiary/aromatic N) is 1. The molecule has 1 aromatic carbocycles. The largest absolute Gasteiger partial charge is 0.508 e. The minimum Gasteiger partial charge on any atom is -0.434 e. The average Bonchev–Trinajstić information content (AvgIpc) is 3.19. The van der Waals surface area contributed by atoms with Gasteiger partial charge in [-0.05, 0) is 35.1 Å².